The zero-order valence-electron chi connectivity index (χ0n) is 17.6. The van der Waals surface area contributed by atoms with Crippen molar-refractivity contribution in [2.75, 3.05) is 0 Å². The largest absolute Gasteiger partial charge is 0.0651 e. The maximum Gasteiger partial charge on any atom is -0.0134 e. The zero-order chi connectivity index (χ0) is 19.8. The van der Waals surface area contributed by atoms with E-state index >= 15 is 0 Å². The normalized spacial score (nSPS) is 11.1. The van der Waals surface area contributed by atoms with Gasteiger partial charge in [-0.2, -0.15) is 0 Å². The van der Waals surface area contributed by atoms with E-state index in [0.29, 0.717) is 0 Å². The van der Waals surface area contributed by atoms with Crippen LogP contribution >= 0.6 is 7.92 Å². The molecule has 0 heterocycles. The summed E-state index contributed by atoms with van der Waals surface area (Å²) in [5.74, 6) is 0. The van der Waals surface area contributed by atoms with E-state index in [9.17, 15) is 0 Å². The Morgan fingerprint density at radius 3 is 0.893 bits per heavy atom. The molecule has 0 radical (unpaired) electrons. The van der Waals surface area contributed by atoms with E-state index in [0.717, 1.165) is 19.3 Å². The molecule has 0 aliphatic heterocycles. The summed E-state index contributed by atoms with van der Waals surface area (Å²) < 4.78 is 0. The first-order valence-corrected chi connectivity index (χ1v) is 12.2. The van der Waals surface area contributed by atoms with Gasteiger partial charge in [-0.1, -0.05) is 113 Å². The number of hydrogen-bond acceptors (Lipinski definition) is 0. The third-order valence-electron chi connectivity index (χ3n) is 5.20. The first-order valence-electron chi connectivity index (χ1n) is 10.8. The van der Waals surface area contributed by atoms with Crippen LogP contribution in [0.15, 0.2) is 72.8 Å². The maximum absolute atomic E-state index is 2.36. The first kappa shape index (κ1) is 20.8. The second kappa shape index (κ2) is 10.6. The fourth-order valence-electron chi connectivity index (χ4n) is 3.75. The highest BCUT2D eigenvalue weighted by atomic mass is 31.1. The zero-order valence-corrected chi connectivity index (χ0v) is 18.5. The molecule has 0 N–H and O–H groups in total. The second-order valence-corrected chi connectivity index (χ2v) is 9.80. The molecule has 3 rings (SSSR count). The quantitative estimate of drug-likeness (QED) is 0.377. The molecule has 0 nitrogen and oxygen atoms in total. The van der Waals surface area contributed by atoms with E-state index in [1.807, 2.05) is 0 Å². The fourth-order valence-corrected chi connectivity index (χ4v) is 5.98. The predicted molar refractivity (Wildman–Crippen MR) is 127 cm³/mol. The molecule has 0 bridgehead atoms. The maximum atomic E-state index is 2.36. The highest BCUT2D eigenvalue weighted by Crippen LogP contribution is 2.33. The van der Waals surface area contributed by atoms with Crippen LogP contribution in [0.3, 0.4) is 0 Å². The summed E-state index contributed by atoms with van der Waals surface area (Å²) in [6.07, 6.45) is 7.09. The SMILES string of the molecule is CCCc1ccc(P(c2ccc(CCC)cc2)c2ccc(CCC)cc2)cc1. The van der Waals surface area contributed by atoms with Gasteiger partial charge in [0.05, 0.1) is 0 Å². The monoisotopic (exact) mass is 388 g/mol. The second-order valence-electron chi connectivity index (χ2n) is 7.58. The number of hydrogen-bond donors (Lipinski definition) is 0. The molecule has 3 aromatic carbocycles. The summed E-state index contributed by atoms with van der Waals surface area (Å²) in [4.78, 5) is 0. The molecule has 3 aromatic rings. The summed E-state index contributed by atoms with van der Waals surface area (Å²) in [5.41, 5.74) is 4.33. The molecule has 0 fully saturated rings. The van der Waals surface area contributed by atoms with Crippen molar-refractivity contribution in [3.63, 3.8) is 0 Å². The van der Waals surface area contributed by atoms with Crippen molar-refractivity contribution in [2.24, 2.45) is 0 Å². The van der Waals surface area contributed by atoms with Crippen molar-refractivity contribution in [1.29, 1.82) is 0 Å². The molecular weight excluding hydrogens is 355 g/mol. The van der Waals surface area contributed by atoms with Crippen molar-refractivity contribution < 1.29 is 0 Å². The third kappa shape index (κ3) is 5.33. The molecule has 0 atom stereocenters. The summed E-state index contributed by atoms with van der Waals surface area (Å²) >= 11 is 0. The van der Waals surface area contributed by atoms with E-state index in [1.165, 1.54) is 51.9 Å². The lowest BCUT2D eigenvalue weighted by molar-refractivity contribution is 0.922. The molecule has 146 valence electrons. The van der Waals surface area contributed by atoms with E-state index in [4.69, 9.17) is 0 Å². The van der Waals surface area contributed by atoms with E-state index in [2.05, 4.69) is 93.6 Å². The lowest BCUT2D eigenvalue weighted by Gasteiger charge is -2.20. The van der Waals surface area contributed by atoms with Gasteiger partial charge in [-0.15, -0.1) is 0 Å². The minimum atomic E-state index is -0.511. The molecule has 0 amide bonds. The summed E-state index contributed by atoms with van der Waals surface area (Å²) in [6, 6.07) is 28.1. The van der Waals surface area contributed by atoms with Gasteiger partial charge in [0.25, 0.3) is 0 Å². The summed E-state index contributed by atoms with van der Waals surface area (Å²) in [7, 11) is -0.511. The Kier molecular flexibility index (Phi) is 7.87. The minimum Gasteiger partial charge on any atom is -0.0651 e. The molecule has 0 aromatic heterocycles. The van der Waals surface area contributed by atoms with Crippen molar-refractivity contribution in [1.82, 2.24) is 0 Å². The van der Waals surface area contributed by atoms with Crippen molar-refractivity contribution in [3.8, 4) is 0 Å². The van der Waals surface area contributed by atoms with Gasteiger partial charge in [0.2, 0.25) is 0 Å². The Morgan fingerprint density at radius 1 is 0.429 bits per heavy atom. The molecule has 28 heavy (non-hydrogen) atoms. The third-order valence-corrected chi connectivity index (χ3v) is 7.64. The summed E-state index contributed by atoms with van der Waals surface area (Å²) in [5, 5.41) is 4.34. The molecule has 0 aliphatic rings. The molecule has 0 unspecified atom stereocenters. The molecule has 0 saturated carbocycles. The van der Waals surface area contributed by atoms with E-state index < -0.39 is 7.92 Å². The summed E-state index contributed by atoms with van der Waals surface area (Å²) in [6.45, 7) is 6.74. The van der Waals surface area contributed by atoms with E-state index in [1.54, 1.807) is 0 Å². The lowest BCUT2D eigenvalue weighted by Crippen LogP contribution is -2.21. The van der Waals surface area contributed by atoms with E-state index in [-0.39, 0.29) is 0 Å². The Hall–Kier alpha value is -1.91. The van der Waals surface area contributed by atoms with Gasteiger partial charge >= 0.3 is 0 Å². The van der Waals surface area contributed by atoms with Crippen LogP contribution in [-0.2, 0) is 19.3 Å². The topological polar surface area (TPSA) is 0 Å². The van der Waals surface area contributed by atoms with Gasteiger partial charge in [-0.3, -0.25) is 0 Å². The van der Waals surface area contributed by atoms with Gasteiger partial charge in [0.1, 0.15) is 0 Å². The molecule has 0 spiro atoms. The van der Waals surface area contributed by atoms with Crippen LogP contribution in [0.2, 0.25) is 0 Å². The van der Waals surface area contributed by atoms with Crippen LogP contribution in [0.1, 0.15) is 56.7 Å². The Morgan fingerprint density at radius 2 is 0.679 bits per heavy atom. The fraction of sp³-hybridized carbons (Fsp3) is 0.333. The van der Waals surface area contributed by atoms with Gasteiger partial charge in [0.15, 0.2) is 0 Å². The molecule has 1 heteroatoms. The van der Waals surface area contributed by atoms with Crippen LogP contribution in [-0.4, -0.2) is 0 Å². The highest BCUT2D eigenvalue weighted by Gasteiger charge is 2.16. The highest BCUT2D eigenvalue weighted by molar-refractivity contribution is 7.79. The minimum absolute atomic E-state index is 0.511. The van der Waals surface area contributed by atoms with Crippen molar-refractivity contribution in [2.45, 2.75) is 59.3 Å². The van der Waals surface area contributed by atoms with Crippen LogP contribution in [0.4, 0.5) is 0 Å². The molecule has 0 aliphatic carbocycles. The van der Waals surface area contributed by atoms with Crippen LogP contribution in [0.25, 0.3) is 0 Å². The van der Waals surface area contributed by atoms with Crippen LogP contribution in [0.5, 0.6) is 0 Å². The molecular formula is C27H33P. The van der Waals surface area contributed by atoms with Gasteiger partial charge in [-0.05, 0) is 59.8 Å². The van der Waals surface area contributed by atoms with Crippen LogP contribution in [0, 0.1) is 0 Å². The molecule has 0 saturated heterocycles. The van der Waals surface area contributed by atoms with Gasteiger partial charge in [-0.25, -0.2) is 0 Å². The number of aryl methyl sites for hydroxylation is 3. The van der Waals surface area contributed by atoms with Crippen molar-refractivity contribution in [3.05, 3.63) is 89.5 Å². The predicted octanol–water partition coefficient (Wildman–Crippen LogP) is 6.30. The van der Waals surface area contributed by atoms with Gasteiger partial charge in [0, 0.05) is 0 Å². The Balaban J connectivity index is 1.97. The average Bonchev–Trinajstić information content (AvgIpc) is 2.73. The number of benzene rings is 3. The average molecular weight is 389 g/mol. The number of rotatable bonds is 9. The van der Waals surface area contributed by atoms with Crippen LogP contribution < -0.4 is 15.9 Å². The Labute approximate surface area is 172 Å². The lowest BCUT2D eigenvalue weighted by atomic mass is 10.1. The standard InChI is InChI=1S/C27H33P/c1-4-7-22-10-16-25(17-11-22)28(26-18-12-23(8-5-2)13-19-26)27-20-14-24(9-6-3)15-21-27/h10-21H,4-9H2,1-3H3. The van der Waals surface area contributed by atoms with Gasteiger partial charge < -0.3 is 0 Å². The smallest absolute Gasteiger partial charge is 0.0134 e. The Bertz CT molecular complexity index is 711. The van der Waals surface area contributed by atoms with Crippen molar-refractivity contribution >= 4 is 23.8 Å². The first-order chi connectivity index (χ1) is 13.7.